The van der Waals surface area contributed by atoms with E-state index < -0.39 is 0 Å². The van der Waals surface area contributed by atoms with Crippen molar-refractivity contribution in [1.29, 1.82) is 0 Å². The fraction of sp³-hybridized carbons (Fsp3) is 0.421. The Morgan fingerprint density at radius 2 is 1.89 bits per heavy atom. The minimum atomic E-state index is -0.254. The molecule has 1 aromatic carbocycles. The quantitative estimate of drug-likeness (QED) is 0.648. The molecule has 0 aliphatic carbocycles. The van der Waals surface area contributed by atoms with Crippen molar-refractivity contribution in [2.75, 3.05) is 25.1 Å². The minimum Gasteiger partial charge on any atom is -0.381 e. The molecule has 1 saturated heterocycles. The maximum atomic E-state index is 12.5. The van der Waals surface area contributed by atoms with Crippen LogP contribution in [-0.4, -0.2) is 47.8 Å². The van der Waals surface area contributed by atoms with Crippen LogP contribution in [0.5, 0.6) is 0 Å². The van der Waals surface area contributed by atoms with Gasteiger partial charge in [-0.3, -0.25) is 14.7 Å². The van der Waals surface area contributed by atoms with Gasteiger partial charge in [-0.05, 0) is 37.1 Å². The average Bonchev–Trinajstić information content (AvgIpc) is 3.13. The molecule has 0 bridgehead atoms. The molecule has 1 fully saturated rings. The second-order valence-corrected chi connectivity index (χ2v) is 6.85. The van der Waals surface area contributed by atoms with Crippen LogP contribution in [0.15, 0.2) is 24.3 Å². The number of amides is 2. The zero-order valence-corrected chi connectivity index (χ0v) is 15.0. The highest BCUT2D eigenvalue weighted by Crippen LogP contribution is 2.18. The lowest BCUT2D eigenvalue weighted by molar-refractivity contribution is 0.0696. The lowest BCUT2D eigenvalue weighted by Crippen LogP contribution is -2.38. The number of benzene rings is 1. The first-order chi connectivity index (χ1) is 13.2. The number of rotatable bonds is 4. The van der Waals surface area contributed by atoms with E-state index in [1.165, 1.54) is 0 Å². The van der Waals surface area contributed by atoms with Crippen molar-refractivity contribution in [3.8, 4) is 0 Å². The van der Waals surface area contributed by atoms with Crippen LogP contribution >= 0.6 is 0 Å². The van der Waals surface area contributed by atoms with Gasteiger partial charge >= 0.3 is 0 Å². The Morgan fingerprint density at radius 1 is 1.11 bits per heavy atom. The minimum absolute atomic E-state index is 0.104. The highest BCUT2D eigenvalue weighted by molar-refractivity contribution is 6.04. The summed E-state index contributed by atoms with van der Waals surface area (Å²) in [6.45, 7) is 2.89. The normalized spacial score (nSPS) is 17.2. The molecule has 0 unspecified atom stereocenters. The van der Waals surface area contributed by atoms with E-state index in [2.05, 4.69) is 26.1 Å². The van der Waals surface area contributed by atoms with Gasteiger partial charge in [-0.25, -0.2) is 0 Å². The van der Waals surface area contributed by atoms with Crippen LogP contribution in [0.4, 0.5) is 5.69 Å². The van der Waals surface area contributed by atoms with Crippen LogP contribution in [0.3, 0.4) is 0 Å². The number of H-pyrrole nitrogens is 1. The highest BCUT2D eigenvalue weighted by Gasteiger charge is 2.22. The van der Waals surface area contributed by atoms with Gasteiger partial charge in [-0.1, -0.05) is 0 Å². The number of hydrogen-bond donors (Lipinski definition) is 4. The Balaban J connectivity index is 1.38. The molecule has 1 aromatic heterocycles. The summed E-state index contributed by atoms with van der Waals surface area (Å²) >= 11 is 0. The summed E-state index contributed by atoms with van der Waals surface area (Å²) in [6, 6.07) is 7.05. The molecule has 2 aliphatic heterocycles. The summed E-state index contributed by atoms with van der Waals surface area (Å²) in [4.78, 5) is 24.8. The number of anilines is 1. The summed E-state index contributed by atoms with van der Waals surface area (Å²) < 4.78 is 5.30. The molecule has 0 saturated carbocycles. The molecule has 27 heavy (non-hydrogen) atoms. The van der Waals surface area contributed by atoms with Crippen molar-refractivity contribution in [3.05, 3.63) is 46.8 Å². The zero-order chi connectivity index (χ0) is 18.6. The van der Waals surface area contributed by atoms with Gasteiger partial charge in [-0.2, -0.15) is 5.10 Å². The van der Waals surface area contributed by atoms with Crippen LogP contribution in [0, 0.1) is 0 Å². The molecule has 0 atom stereocenters. The molecule has 3 heterocycles. The number of nitrogens with one attached hydrogen (secondary N) is 4. The van der Waals surface area contributed by atoms with E-state index in [0.29, 0.717) is 36.7 Å². The second-order valence-electron chi connectivity index (χ2n) is 6.85. The Hall–Kier alpha value is -2.71. The van der Waals surface area contributed by atoms with Gasteiger partial charge < -0.3 is 20.7 Å². The van der Waals surface area contributed by atoms with Gasteiger partial charge in [0.2, 0.25) is 0 Å². The summed E-state index contributed by atoms with van der Waals surface area (Å²) in [5.74, 6) is -0.358. The predicted molar refractivity (Wildman–Crippen MR) is 99.7 cm³/mol. The molecular formula is C19H23N5O3. The van der Waals surface area contributed by atoms with Crippen molar-refractivity contribution < 1.29 is 14.3 Å². The van der Waals surface area contributed by atoms with Crippen molar-refractivity contribution >= 4 is 17.5 Å². The molecule has 4 N–H and O–H groups in total. The Morgan fingerprint density at radius 3 is 2.67 bits per heavy atom. The fourth-order valence-corrected chi connectivity index (χ4v) is 3.42. The Bertz CT molecular complexity index is 824. The molecule has 4 rings (SSSR count). The molecule has 2 amide bonds. The third-order valence-corrected chi connectivity index (χ3v) is 4.98. The smallest absolute Gasteiger partial charge is 0.276 e. The van der Waals surface area contributed by atoms with Crippen LogP contribution < -0.4 is 16.0 Å². The molecule has 8 heteroatoms. The summed E-state index contributed by atoms with van der Waals surface area (Å²) in [5.41, 5.74) is 3.55. The van der Waals surface area contributed by atoms with Gasteiger partial charge in [-0.15, -0.1) is 0 Å². The first-order valence-corrected chi connectivity index (χ1v) is 9.27. The molecule has 0 spiro atoms. The van der Waals surface area contributed by atoms with E-state index in [0.717, 1.165) is 37.1 Å². The summed E-state index contributed by atoms with van der Waals surface area (Å²) in [5, 5.41) is 16.2. The van der Waals surface area contributed by atoms with Crippen LogP contribution in [-0.2, 0) is 17.7 Å². The number of carbonyl (C=O) groups is 2. The molecular weight excluding hydrogens is 346 g/mol. The predicted octanol–water partition coefficient (Wildman–Crippen LogP) is 1.22. The number of ether oxygens (including phenoxy) is 1. The average molecular weight is 369 g/mol. The van der Waals surface area contributed by atoms with Crippen molar-refractivity contribution in [2.24, 2.45) is 0 Å². The monoisotopic (exact) mass is 369 g/mol. The number of hydrogen-bond acceptors (Lipinski definition) is 5. The fourth-order valence-electron chi connectivity index (χ4n) is 3.42. The van der Waals surface area contributed by atoms with E-state index in [1.807, 2.05) is 0 Å². The van der Waals surface area contributed by atoms with Gasteiger partial charge in [0.15, 0.2) is 5.69 Å². The SMILES string of the molecule is O=C(NC1CCOCC1)c1ccc(NC(=O)c2n[nH]c3c2CNCC3)cc1. The molecule has 142 valence electrons. The third-order valence-electron chi connectivity index (χ3n) is 4.98. The van der Waals surface area contributed by atoms with Crippen LogP contribution in [0.25, 0.3) is 0 Å². The Kier molecular flexibility index (Phi) is 5.17. The number of aromatic amines is 1. The lowest BCUT2D eigenvalue weighted by Gasteiger charge is -2.23. The molecule has 2 aliphatic rings. The maximum absolute atomic E-state index is 12.5. The first-order valence-electron chi connectivity index (χ1n) is 9.27. The van der Waals surface area contributed by atoms with E-state index in [9.17, 15) is 9.59 Å². The number of aromatic nitrogens is 2. The van der Waals surface area contributed by atoms with Crippen molar-refractivity contribution in [2.45, 2.75) is 31.8 Å². The third kappa shape index (κ3) is 4.01. The van der Waals surface area contributed by atoms with Crippen molar-refractivity contribution in [1.82, 2.24) is 20.8 Å². The van der Waals surface area contributed by atoms with E-state index in [-0.39, 0.29) is 17.9 Å². The Labute approximate surface area is 157 Å². The summed E-state index contributed by atoms with van der Waals surface area (Å²) in [6.07, 6.45) is 2.51. The number of carbonyl (C=O) groups excluding carboxylic acids is 2. The van der Waals surface area contributed by atoms with Gasteiger partial charge in [0, 0.05) is 61.3 Å². The standard InChI is InChI=1S/C19H23N5O3/c25-18(21-14-6-9-27-10-7-14)12-1-3-13(4-2-12)22-19(26)17-15-11-20-8-5-16(15)23-24-17/h1-4,14,20H,5-11H2,(H,21,25)(H,22,26)(H,23,24). The molecule has 8 nitrogen and oxygen atoms in total. The number of fused-ring (bicyclic) bond motifs is 1. The van der Waals surface area contributed by atoms with Crippen LogP contribution in [0.2, 0.25) is 0 Å². The number of nitrogens with zero attached hydrogens (tertiary/aromatic N) is 1. The van der Waals surface area contributed by atoms with Gasteiger partial charge in [0.25, 0.3) is 11.8 Å². The van der Waals surface area contributed by atoms with Gasteiger partial charge in [0.05, 0.1) is 0 Å². The lowest BCUT2D eigenvalue weighted by atomic mass is 10.1. The maximum Gasteiger partial charge on any atom is 0.276 e. The highest BCUT2D eigenvalue weighted by atomic mass is 16.5. The topological polar surface area (TPSA) is 108 Å². The van der Waals surface area contributed by atoms with E-state index in [4.69, 9.17) is 4.74 Å². The van der Waals surface area contributed by atoms with Gasteiger partial charge in [0.1, 0.15) is 0 Å². The first kappa shape index (κ1) is 17.7. The van der Waals surface area contributed by atoms with E-state index >= 15 is 0 Å². The second kappa shape index (κ2) is 7.89. The van der Waals surface area contributed by atoms with Crippen LogP contribution in [0.1, 0.15) is 44.9 Å². The molecule has 2 aromatic rings. The van der Waals surface area contributed by atoms with Crippen molar-refractivity contribution in [3.63, 3.8) is 0 Å². The largest absolute Gasteiger partial charge is 0.381 e. The zero-order valence-electron chi connectivity index (χ0n) is 15.0. The molecule has 0 radical (unpaired) electrons. The summed E-state index contributed by atoms with van der Waals surface area (Å²) in [7, 11) is 0. The van der Waals surface area contributed by atoms with E-state index in [1.54, 1.807) is 24.3 Å².